The van der Waals surface area contributed by atoms with Crippen LogP contribution in [0.4, 0.5) is 36.8 Å². The predicted molar refractivity (Wildman–Crippen MR) is 109 cm³/mol. The summed E-state index contributed by atoms with van der Waals surface area (Å²) < 4.78 is 28.3. The summed E-state index contributed by atoms with van der Waals surface area (Å²) in [6, 6.07) is 7.37. The highest BCUT2D eigenvalue weighted by Gasteiger charge is 2.13. The van der Waals surface area contributed by atoms with Crippen molar-refractivity contribution in [3.05, 3.63) is 60.4 Å². The summed E-state index contributed by atoms with van der Waals surface area (Å²) in [7, 11) is 0. The van der Waals surface area contributed by atoms with Gasteiger partial charge in [0.25, 0.3) is 0 Å². The lowest BCUT2D eigenvalue weighted by Crippen LogP contribution is -2.21. The van der Waals surface area contributed by atoms with E-state index < -0.39 is 17.7 Å². The molecule has 0 aliphatic rings. The average molecular weight is 410 g/mol. The van der Waals surface area contributed by atoms with Gasteiger partial charge < -0.3 is 32.1 Å². The van der Waals surface area contributed by atoms with Gasteiger partial charge in [0.15, 0.2) is 11.9 Å². The van der Waals surface area contributed by atoms with Crippen molar-refractivity contribution in [3.63, 3.8) is 0 Å². The first-order valence-corrected chi connectivity index (χ1v) is 8.68. The molecule has 0 aliphatic carbocycles. The number of carbonyl (C=O) groups excluding carboxylic acids is 1. The van der Waals surface area contributed by atoms with E-state index in [2.05, 4.69) is 30.6 Å². The van der Waals surface area contributed by atoms with E-state index in [-0.39, 0.29) is 23.3 Å². The number of anilines is 4. The van der Waals surface area contributed by atoms with Crippen molar-refractivity contribution in [1.82, 2.24) is 19.9 Å². The highest BCUT2D eigenvalue weighted by Crippen LogP contribution is 2.26. The largest absolute Gasteiger partial charge is 0.369 e. The van der Waals surface area contributed by atoms with Gasteiger partial charge in [-0.1, -0.05) is 0 Å². The number of H-pyrrole nitrogens is 2. The summed E-state index contributed by atoms with van der Waals surface area (Å²) in [5.74, 6) is -0.918. The van der Waals surface area contributed by atoms with E-state index in [1.165, 1.54) is 48.8 Å². The average Bonchev–Trinajstić information content (AvgIpc) is 3.34. The normalized spacial score (nSPS) is 10.7. The molecule has 0 spiro atoms. The molecule has 4 aromatic rings. The van der Waals surface area contributed by atoms with Crippen LogP contribution in [0.3, 0.4) is 0 Å². The van der Waals surface area contributed by atoms with E-state index in [1.54, 1.807) is 0 Å². The van der Waals surface area contributed by atoms with Gasteiger partial charge in [0.1, 0.15) is 11.6 Å². The van der Waals surface area contributed by atoms with Crippen LogP contribution in [0.1, 0.15) is 0 Å². The van der Waals surface area contributed by atoms with E-state index in [0.717, 1.165) is 0 Å². The summed E-state index contributed by atoms with van der Waals surface area (Å²) in [5, 5.41) is 4.74. The van der Waals surface area contributed by atoms with E-state index >= 15 is 0 Å². The van der Waals surface area contributed by atoms with Crippen molar-refractivity contribution >= 4 is 29.3 Å². The standard InChI is InChI=1S/C19H16F2N8O/c20-11-3-1-9(15-7-24-17(22)26-15)5-13(11)28-19(30)29-14-6-10(2-4-12(14)21)16-8-25-18(23)27-16/h1-8H,(H3,22,24,26)(H3,23,25,27)(H2,28,29,30). The number of nitrogens with two attached hydrogens (primary N) is 2. The lowest BCUT2D eigenvalue weighted by molar-refractivity contribution is 0.262. The van der Waals surface area contributed by atoms with Crippen LogP contribution in [-0.2, 0) is 0 Å². The number of halogens is 2. The predicted octanol–water partition coefficient (Wildman–Crippen LogP) is 3.55. The molecule has 8 N–H and O–H groups in total. The molecule has 0 saturated heterocycles. The zero-order valence-corrected chi connectivity index (χ0v) is 15.3. The number of nitrogen functional groups attached to an aromatic ring is 2. The Morgan fingerprint density at radius 1 is 0.800 bits per heavy atom. The van der Waals surface area contributed by atoms with Crippen molar-refractivity contribution in [1.29, 1.82) is 0 Å². The Balaban J connectivity index is 1.54. The maximum absolute atomic E-state index is 14.2. The maximum Gasteiger partial charge on any atom is 0.323 e. The van der Waals surface area contributed by atoms with Gasteiger partial charge in [0, 0.05) is 11.1 Å². The number of aromatic nitrogens is 4. The third-order valence-corrected chi connectivity index (χ3v) is 4.24. The molecule has 2 aromatic heterocycles. The van der Waals surface area contributed by atoms with E-state index in [9.17, 15) is 13.6 Å². The quantitative estimate of drug-likeness (QED) is 0.304. The van der Waals surface area contributed by atoms with Crippen LogP contribution in [0.5, 0.6) is 0 Å². The molecule has 2 amide bonds. The number of aromatic amines is 2. The minimum absolute atomic E-state index is 0.101. The second-order valence-corrected chi connectivity index (χ2v) is 6.33. The molecule has 0 aliphatic heterocycles. The number of carbonyl (C=O) groups is 1. The van der Waals surface area contributed by atoms with Gasteiger partial charge in [0.2, 0.25) is 0 Å². The molecule has 30 heavy (non-hydrogen) atoms. The van der Waals surface area contributed by atoms with Crippen molar-refractivity contribution in [2.24, 2.45) is 0 Å². The van der Waals surface area contributed by atoms with Crippen LogP contribution in [0.2, 0.25) is 0 Å². The maximum atomic E-state index is 14.2. The van der Waals surface area contributed by atoms with Gasteiger partial charge >= 0.3 is 6.03 Å². The first-order chi connectivity index (χ1) is 14.4. The Labute approximate surface area is 168 Å². The molecular formula is C19H16F2N8O. The van der Waals surface area contributed by atoms with Crippen LogP contribution in [0.15, 0.2) is 48.8 Å². The highest BCUT2D eigenvalue weighted by molar-refractivity contribution is 6.00. The number of benzene rings is 2. The lowest BCUT2D eigenvalue weighted by atomic mass is 10.1. The van der Waals surface area contributed by atoms with Crippen molar-refractivity contribution < 1.29 is 13.6 Å². The summed E-state index contributed by atoms with van der Waals surface area (Å²) in [4.78, 5) is 25.7. The molecule has 0 radical (unpaired) electrons. The molecule has 0 atom stereocenters. The molecule has 0 saturated carbocycles. The molecule has 0 bridgehead atoms. The van der Waals surface area contributed by atoms with E-state index in [1.807, 2.05) is 0 Å². The van der Waals surface area contributed by atoms with Crippen LogP contribution in [0.25, 0.3) is 22.5 Å². The molecule has 9 nitrogen and oxygen atoms in total. The number of urea groups is 1. The third kappa shape index (κ3) is 3.90. The highest BCUT2D eigenvalue weighted by atomic mass is 19.1. The molecule has 152 valence electrons. The summed E-state index contributed by atoms with van der Waals surface area (Å²) in [6.07, 6.45) is 2.96. The Hall–Kier alpha value is -4.41. The summed E-state index contributed by atoms with van der Waals surface area (Å²) in [5.41, 5.74) is 13.1. The van der Waals surface area contributed by atoms with Crippen LogP contribution >= 0.6 is 0 Å². The topological polar surface area (TPSA) is 151 Å². The first kappa shape index (κ1) is 18.9. The first-order valence-electron chi connectivity index (χ1n) is 8.68. The SMILES string of the molecule is Nc1ncc(-c2ccc(F)c(NC(=O)Nc3cc(-c4cnc(N)[nH]4)ccc3F)c2)[nH]1. The summed E-state index contributed by atoms with van der Waals surface area (Å²) >= 11 is 0. The zero-order chi connectivity index (χ0) is 21.3. The zero-order valence-electron chi connectivity index (χ0n) is 15.3. The van der Waals surface area contributed by atoms with E-state index in [4.69, 9.17) is 11.5 Å². The van der Waals surface area contributed by atoms with Crippen molar-refractivity contribution in [3.8, 4) is 22.5 Å². The molecule has 0 unspecified atom stereocenters. The third-order valence-electron chi connectivity index (χ3n) is 4.24. The Morgan fingerprint density at radius 3 is 1.60 bits per heavy atom. The van der Waals surface area contributed by atoms with Gasteiger partial charge in [-0.05, 0) is 36.4 Å². The van der Waals surface area contributed by atoms with Crippen LogP contribution in [0, 0.1) is 11.6 Å². The molecule has 11 heteroatoms. The monoisotopic (exact) mass is 410 g/mol. The molecule has 2 heterocycles. The number of imidazole rings is 2. The smallest absolute Gasteiger partial charge is 0.323 e. The van der Waals surface area contributed by atoms with Crippen molar-refractivity contribution in [2.45, 2.75) is 0 Å². The summed E-state index contributed by atoms with van der Waals surface area (Å²) in [6.45, 7) is 0. The van der Waals surface area contributed by atoms with Crippen LogP contribution < -0.4 is 22.1 Å². The van der Waals surface area contributed by atoms with Gasteiger partial charge in [-0.15, -0.1) is 0 Å². The minimum Gasteiger partial charge on any atom is -0.369 e. The minimum atomic E-state index is -0.824. The molecule has 0 fully saturated rings. The number of nitrogens with zero attached hydrogens (tertiary/aromatic N) is 2. The number of nitrogens with one attached hydrogen (secondary N) is 4. The Bertz CT molecular complexity index is 1140. The second kappa shape index (κ2) is 7.54. The Morgan fingerprint density at radius 2 is 1.23 bits per heavy atom. The molecule has 4 rings (SSSR count). The fourth-order valence-electron chi connectivity index (χ4n) is 2.82. The van der Waals surface area contributed by atoms with Crippen LogP contribution in [-0.4, -0.2) is 26.0 Å². The lowest BCUT2D eigenvalue weighted by Gasteiger charge is -2.11. The van der Waals surface area contributed by atoms with Gasteiger partial charge in [-0.25, -0.2) is 23.5 Å². The van der Waals surface area contributed by atoms with Gasteiger partial charge in [-0.3, -0.25) is 0 Å². The number of hydrogen-bond donors (Lipinski definition) is 6. The number of hydrogen-bond acceptors (Lipinski definition) is 5. The fourth-order valence-corrected chi connectivity index (χ4v) is 2.82. The molecular weight excluding hydrogens is 394 g/mol. The molecule has 2 aromatic carbocycles. The Kier molecular flexibility index (Phi) is 4.76. The fraction of sp³-hybridized carbons (Fsp3) is 0. The van der Waals surface area contributed by atoms with Crippen molar-refractivity contribution in [2.75, 3.05) is 22.1 Å². The number of rotatable bonds is 4. The van der Waals surface area contributed by atoms with E-state index in [0.29, 0.717) is 22.5 Å². The van der Waals surface area contributed by atoms with Gasteiger partial charge in [-0.2, -0.15) is 0 Å². The number of amides is 2. The second-order valence-electron chi connectivity index (χ2n) is 6.33. The van der Waals surface area contributed by atoms with Gasteiger partial charge in [0.05, 0.1) is 35.2 Å².